The van der Waals surface area contributed by atoms with Crippen LogP contribution in [0.2, 0.25) is 0 Å². The van der Waals surface area contributed by atoms with E-state index in [4.69, 9.17) is 0 Å². The molecule has 0 aromatic heterocycles. The Labute approximate surface area is 178 Å². The van der Waals surface area contributed by atoms with Gasteiger partial charge in [-0.1, -0.05) is 25.3 Å². The second-order valence-electron chi connectivity index (χ2n) is 7.90. The third-order valence-electron chi connectivity index (χ3n) is 5.76. The van der Waals surface area contributed by atoms with Gasteiger partial charge in [0.25, 0.3) is 0 Å². The number of carbonyl (C=O) groups excluding carboxylic acids is 1. The van der Waals surface area contributed by atoms with E-state index in [2.05, 4.69) is 10.3 Å². The minimum Gasteiger partial charge on any atom is -0.371 e. The molecule has 2 aromatic rings. The molecule has 1 atom stereocenters. The number of rotatable bonds is 3. The molecule has 2 aliphatic rings. The van der Waals surface area contributed by atoms with Gasteiger partial charge in [0, 0.05) is 36.2 Å². The minimum absolute atomic E-state index is 0.0701. The number of benzene rings is 2. The Morgan fingerprint density at radius 3 is 2.45 bits per heavy atom. The summed E-state index contributed by atoms with van der Waals surface area (Å²) in [6.45, 7) is 1.17. The summed E-state index contributed by atoms with van der Waals surface area (Å²) < 4.78 is 55.7. The van der Waals surface area contributed by atoms with Crippen molar-refractivity contribution in [2.24, 2.45) is 4.99 Å². The number of hydrogen-bond acceptors (Lipinski definition) is 3. The van der Waals surface area contributed by atoms with Gasteiger partial charge in [0.1, 0.15) is 11.7 Å². The molecule has 0 radical (unpaired) electrons. The number of aliphatic imine (C=N–C) groups is 1. The second kappa shape index (κ2) is 8.69. The van der Waals surface area contributed by atoms with Crippen molar-refractivity contribution in [1.82, 2.24) is 0 Å². The molecule has 1 amide bonds. The maximum atomic E-state index is 14.2. The third-order valence-corrected chi connectivity index (χ3v) is 5.76. The number of nitrogens with one attached hydrogen (secondary N) is 1. The first kappa shape index (κ1) is 21.3. The molecule has 4 rings (SSSR count). The Morgan fingerprint density at radius 2 is 1.74 bits per heavy atom. The maximum Gasteiger partial charge on any atom is 0.418 e. The molecule has 164 valence electrons. The Bertz CT molecular complexity index is 995. The Morgan fingerprint density at radius 1 is 1.03 bits per heavy atom. The molecular weight excluding hydrogens is 410 g/mol. The van der Waals surface area contributed by atoms with E-state index in [0.29, 0.717) is 18.8 Å². The van der Waals surface area contributed by atoms with Crippen molar-refractivity contribution < 1.29 is 22.4 Å². The van der Waals surface area contributed by atoms with Gasteiger partial charge in [0.05, 0.1) is 11.3 Å². The summed E-state index contributed by atoms with van der Waals surface area (Å²) in [5, 5.41) is 2.57. The van der Waals surface area contributed by atoms with Gasteiger partial charge < -0.3 is 10.2 Å². The highest BCUT2D eigenvalue weighted by atomic mass is 19.4. The van der Waals surface area contributed by atoms with E-state index in [1.165, 1.54) is 30.5 Å². The van der Waals surface area contributed by atoms with Crippen molar-refractivity contribution >= 4 is 29.2 Å². The number of amides is 1. The van der Waals surface area contributed by atoms with Gasteiger partial charge in [-0.2, -0.15) is 13.2 Å². The predicted molar refractivity (Wildman–Crippen MR) is 113 cm³/mol. The summed E-state index contributed by atoms with van der Waals surface area (Å²) in [5.41, 5.74) is -0.0105. The van der Waals surface area contributed by atoms with Crippen LogP contribution in [0.15, 0.2) is 41.4 Å². The normalized spacial score (nSPS) is 19.8. The van der Waals surface area contributed by atoms with Crippen LogP contribution in [0, 0.1) is 5.82 Å². The highest BCUT2D eigenvalue weighted by Gasteiger charge is 2.36. The van der Waals surface area contributed by atoms with E-state index in [1.807, 2.05) is 0 Å². The largest absolute Gasteiger partial charge is 0.418 e. The zero-order valence-electron chi connectivity index (χ0n) is 16.9. The van der Waals surface area contributed by atoms with Gasteiger partial charge in [0.15, 0.2) is 0 Å². The van der Waals surface area contributed by atoms with E-state index < -0.39 is 29.4 Å². The average Bonchev–Trinajstić information content (AvgIpc) is 3.02. The molecular formula is C23H23F4N3O. The van der Waals surface area contributed by atoms with Gasteiger partial charge >= 0.3 is 6.18 Å². The first-order valence-electron chi connectivity index (χ1n) is 10.4. The summed E-state index contributed by atoms with van der Waals surface area (Å²) in [5.74, 6) is -2.01. The highest BCUT2D eigenvalue weighted by molar-refractivity contribution is 6.12. The van der Waals surface area contributed by atoms with Crippen LogP contribution in [-0.4, -0.2) is 25.2 Å². The lowest BCUT2D eigenvalue weighted by molar-refractivity contribution is -0.137. The van der Waals surface area contributed by atoms with Crippen molar-refractivity contribution in [1.29, 1.82) is 0 Å². The van der Waals surface area contributed by atoms with Crippen LogP contribution in [0.5, 0.6) is 0 Å². The summed E-state index contributed by atoms with van der Waals surface area (Å²) in [6, 6.07) is 8.24. The fourth-order valence-electron chi connectivity index (χ4n) is 4.20. The second-order valence-corrected chi connectivity index (χ2v) is 7.90. The number of alkyl halides is 3. The molecule has 0 aliphatic carbocycles. The molecule has 0 spiro atoms. The van der Waals surface area contributed by atoms with E-state index in [0.717, 1.165) is 38.2 Å². The molecule has 1 unspecified atom stereocenters. The molecule has 1 saturated heterocycles. The fourth-order valence-corrected chi connectivity index (χ4v) is 4.20. The number of fused-ring (bicyclic) bond motifs is 1. The van der Waals surface area contributed by atoms with Gasteiger partial charge in [-0.3, -0.25) is 9.79 Å². The molecule has 8 heteroatoms. The number of halogens is 4. The first-order valence-corrected chi connectivity index (χ1v) is 10.4. The number of anilines is 2. The van der Waals surface area contributed by atoms with E-state index in [9.17, 15) is 22.4 Å². The third kappa shape index (κ3) is 4.57. The van der Waals surface area contributed by atoms with Crippen molar-refractivity contribution in [3.05, 3.63) is 53.3 Å². The van der Waals surface area contributed by atoms with E-state index in [-0.39, 0.29) is 16.9 Å². The summed E-state index contributed by atoms with van der Waals surface area (Å²) in [4.78, 5) is 18.1. The highest BCUT2D eigenvalue weighted by Crippen LogP contribution is 2.40. The summed E-state index contributed by atoms with van der Waals surface area (Å²) >= 11 is 0. The lowest BCUT2D eigenvalue weighted by Crippen LogP contribution is -2.29. The van der Waals surface area contributed by atoms with Crippen LogP contribution in [0.4, 0.5) is 34.6 Å². The van der Waals surface area contributed by atoms with E-state index >= 15 is 0 Å². The molecule has 1 fully saturated rings. The predicted octanol–water partition coefficient (Wildman–Crippen LogP) is 6.05. The Kier molecular flexibility index (Phi) is 5.98. The topological polar surface area (TPSA) is 44.7 Å². The molecule has 2 aromatic carbocycles. The molecule has 0 bridgehead atoms. The summed E-state index contributed by atoms with van der Waals surface area (Å²) in [6.07, 6.45) is 1.54. The molecule has 4 nitrogen and oxygen atoms in total. The fraction of sp³-hybridized carbons (Fsp3) is 0.391. The van der Waals surface area contributed by atoms with Crippen molar-refractivity contribution in [3.8, 4) is 0 Å². The Balaban J connectivity index is 1.64. The molecule has 2 heterocycles. The standard InChI is InChI=1S/C23H23F4N3O/c24-18-7-6-8-19-21(18)16(22(31)29-19)14-28-15-9-10-20(17(13-15)23(25,26)27)30-11-4-2-1-3-5-12-30/h6-10,13-14,16H,1-5,11-12H2,(H,29,31). The quantitative estimate of drug-likeness (QED) is 0.473. The van der Waals surface area contributed by atoms with E-state index in [1.54, 1.807) is 11.0 Å². The molecule has 2 aliphatic heterocycles. The Hall–Kier alpha value is -2.90. The SMILES string of the molecule is O=C1Nc2cccc(F)c2C1C=Nc1ccc(N2CCCCCCC2)c(C(F)(F)F)c1. The number of hydrogen-bond donors (Lipinski definition) is 1. The van der Waals surface area contributed by atoms with Gasteiger partial charge in [-0.15, -0.1) is 0 Å². The van der Waals surface area contributed by atoms with Gasteiger partial charge in [-0.05, 0) is 43.2 Å². The lowest BCUT2D eigenvalue weighted by Gasteiger charge is -2.29. The van der Waals surface area contributed by atoms with Crippen LogP contribution < -0.4 is 10.2 Å². The van der Waals surface area contributed by atoms with Gasteiger partial charge in [-0.25, -0.2) is 4.39 Å². The van der Waals surface area contributed by atoms with Gasteiger partial charge in [0.2, 0.25) is 5.91 Å². The minimum atomic E-state index is -4.54. The van der Waals surface area contributed by atoms with Crippen molar-refractivity contribution in [2.45, 2.75) is 44.2 Å². The lowest BCUT2D eigenvalue weighted by atomic mass is 10.0. The van der Waals surface area contributed by atoms with Crippen LogP contribution in [0.25, 0.3) is 0 Å². The monoisotopic (exact) mass is 433 g/mol. The maximum absolute atomic E-state index is 14.2. The molecule has 0 saturated carbocycles. The van der Waals surface area contributed by atoms with Crippen LogP contribution in [0.1, 0.15) is 49.1 Å². The number of carbonyl (C=O) groups is 1. The van der Waals surface area contributed by atoms with Crippen molar-refractivity contribution in [3.63, 3.8) is 0 Å². The number of nitrogens with zero attached hydrogens (tertiary/aromatic N) is 2. The average molecular weight is 433 g/mol. The first-order chi connectivity index (χ1) is 14.8. The van der Waals surface area contributed by atoms with Crippen LogP contribution >= 0.6 is 0 Å². The van der Waals surface area contributed by atoms with Crippen LogP contribution in [0.3, 0.4) is 0 Å². The van der Waals surface area contributed by atoms with Crippen molar-refractivity contribution in [2.75, 3.05) is 23.3 Å². The molecule has 1 N–H and O–H groups in total. The van der Waals surface area contributed by atoms with Crippen LogP contribution in [-0.2, 0) is 11.0 Å². The zero-order valence-corrected chi connectivity index (χ0v) is 16.9. The smallest absolute Gasteiger partial charge is 0.371 e. The zero-order chi connectivity index (χ0) is 22.0. The summed E-state index contributed by atoms with van der Waals surface area (Å²) in [7, 11) is 0. The molecule has 31 heavy (non-hydrogen) atoms.